The lowest BCUT2D eigenvalue weighted by Crippen LogP contribution is -2.03. The average Bonchev–Trinajstić information content (AvgIpc) is 2.78. The van der Waals surface area contributed by atoms with Gasteiger partial charge in [0.05, 0.1) is 0 Å². The Hall–Kier alpha value is -2.36. The number of aromatic nitrogens is 3. The number of phenols is 1. The quantitative estimate of drug-likeness (QED) is 0.761. The molecule has 0 spiro atoms. The summed E-state index contributed by atoms with van der Waals surface area (Å²) in [6.45, 7) is 4.22. The topological polar surface area (TPSA) is 50.9 Å². The third-order valence-electron chi connectivity index (χ3n) is 3.09. The Balaban J connectivity index is 2.28. The highest BCUT2D eigenvalue weighted by molar-refractivity contribution is 5.77. The highest BCUT2D eigenvalue weighted by Gasteiger charge is 2.15. The van der Waals surface area contributed by atoms with Gasteiger partial charge in [-0.15, -0.1) is 0 Å². The summed E-state index contributed by atoms with van der Waals surface area (Å²) in [4.78, 5) is 9.07. The molecule has 0 aliphatic rings. The Kier molecular flexibility index (Phi) is 2.71. The van der Waals surface area contributed by atoms with E-state index in [1.807, 2.05) is 24.3 Å². The summed E-state index contributed by atoms with van der Waals surface area (Å²) < 4.78 is 2.11. The normalized spacial score (nSPS) is 11.3. The molecule has 3 rings (SSSR count). The van der Waals surface area contributed by atoms with Crippen molar-refractivity contribution in [3.8, 4) is 17.1 Å². The number of hydrogen-bond donors (Lipinski definition) is 1. The van der Waals surface area contributed by atoms with Gasteiger partial charge in [-0.2, -0.15) is 0 Å². The first-order valence-electron chi connectivity index (χ1n) is 6.29. The number of pyridine rings is 1. The van der Waals surface area contributed by atoms with Crippen molar-refractivity contribution in [3.63, 3.8) is 0 Å². The first-order chi connectivity index (χ1) is 9.16. The van der Waals surface area contributed by atoms with Crippen LogP contribution in [0.2, 0.25) is 0 Å². The molecule has 0 fully saturated rings. The van der Waals surface area contributed by atoms with Gasteiger partial charge >= 0.3 is 0 Å². The van der Waals surface area contributed by atoms with Crippen LogP contribution in [0.3, 0.4) is 0 Å². The van der Waals surface area contributed by atoms with E-state index >= 15 is 0 Å². The molecule has 0 aliphatic heterocycles. The molecule has 0 unspecified atom stereocenters. The van der Waals surface area contributed by atoms with Crippen LogP contribution >= 0.6 is 0 Å². The number of aromatic hydroxyl groups is 1. The van der Waals surface area contributed by atoms with Crippen LogP contribution in [0.4, 0.5) is 0 Å². The van der Waals surface area contributed by atoms with Crippen LogP contribution < -0.4 is 0 Å². The number of nitrogens with zero attached hydrogens (tertiary/aromatic N) is 3. The summed E-state index contributed by atoms with van der Waals surface area (Å²) in [5.74, 6) is 1.14. The Labute approximate surface area is 111 Å². The number of fused-ring (bicyclic) bond motifs is 1. The predicted octanol–water partition coefficient (Wildman–Crippen LogP) is 3.38. The van der Waals surface area contributed by atoms with Gasteiger partial charge in [-0.25, -0.2) is 9.97 Å². The van der Waals surface area contributed by atoms with Crippen LogP contribution in [0.15, 0.2) is 42.6 Å². The molecule has 0 aliphatic carbocycles. The average molecular weight is 253 g/mol. The van der Waals surface area contributed by atoms with Crippen LogP contribution in [0.1, 0.15) is 19.9 Å². The van der Waals surface area contributed by atoms with Gasteiger partial charge in [-0.1, -0.05) is 0 Å². The van der Waals surface area contributed by atoms with E-state index in [4.69, 9.17) is 0 Å². The molecule has 4 heteroatoms. The van der Waals surface area contributed by atoms with Crippen molar-refractivity contribution in [1.29, 1.82) is 0 Å². The van der Waals surface area contributed by atoms with E-state index in [-0.39, 0.29) is 11.8 Å². The number of hydrogen-bond acceptors (Lipinski definition) is 3. The molecule has 0 saturated heterocycles. The predicted molar refractivity (Wildman–Crippen MR) is 75.0 cm³/mol. The molecule has 0 amide bonds. The van der Waals surface area contributed by atoms with Crippen molar-refractivity contribution in [3.05, 3.63) is 42.6 Å². The van der Waals surface area contributed by atoms with E-state index in [0.717, 1.165) is 22.6 Å². The number of phenolic OH excluding ortho intramolecular Hbond substituents is 1. The lowest BCUT2D eigenvalue weighted by Gasteiger charge is -2.12. The molecule has 0 atom stereocenters. The summed E-state index contributed by atoms with van der Waals surface area (Å²) in [6, 6.07) is 11.2. The maximum absolute atomic E-state index is 9.38. The second-order valence-corrected chi connectivity index (χ2v) is 4.79. The fraction of sp³-hybridized carbons (Fsp3) is 0.200. The lowest BCUT2D eigenvalue weighted by atomic mass is 10.2. The zero-order valence-electron chi connectivity index (χ0n) is 10.9. The fourth-order valence-corrected chi connectivity index (χ4v) is 2.23. The van der Waals surface area contributed by atoms with Crippen molar-refractivity contribution in [2.75, 3.05) is 0 Å². The van der Waals surface area contributed by atoms with Crippen molar-refractivity contribution in [2.45, 2.75) is 19.9 Å². The van der Waals surface area contributed by atoms with Gasteiger partial charge in [0.25, 0.3) is 0 Å². The Morgan fingerprint density at radius 3 is 2.53 bits per heavy atom. The second kappa shape index (κ2) is 4.39. The Bertz CT molecular complexity index is 714. The SMILES string of the molecule is CC(C)n1c(-c2ccc(O)cc2)nc2cccnc21. The summed E-state index contributed by atoms with van der Waals surface area (Å²) in [6.07, 6.45) is 1.78. The smallest absolute Gasteiger partial charge is 0.160 e. The maximum atomic E-state index is 9.38. The van der Waals surface area contributed by atoms with Crippen molar-refractivity contribution < 1.29 is 5.11 Å². The summed E-state index contributed by atoms with van der Waals surface area (Å²) in [5.41, 5.74) is 2.75. The summed E-state index contributed by atoms with van der Waals surface area (Å²) >= 11 is 0. The fourth-order valence-electron chi connectivity index (χ4n) is 2.23. The number of imidazole rings is 1. The number of rotatable bonds is 2. The number of benzene rings is 1. The Morgan fingerprint density at radius 1 is 1.11 bits per heavy atom. The molecule has 1 aromatic carbocycles. The molecule has 96 valence electrons. The zero-order valence-corrected chi connectivity index (χ0v) is 10.9. The third kappa shape index (κ3) is 1.95. The molecule has 0 radical (unpaired) electrons. The maximum Gasteiger partial charge on any atom is 0.160 e. The van der Waals surface area contributed by atoms with Crippen LogP contribution in [-0.4, -0.2) is 19.6 Å². The third-order valence-corrected chi connectivity index (χ3v) is 3.09. The second-order valence-electron chi connectivity index (χ2n) is 4.79. The van der Waals surface area contributed by atoms with Gasteiger partial charge in [-0.05, 0) is 50.2 Å². The lowest BCUT2D eigenvalue weighted by molar-refractivity contribution is 0.475. The molecule has 2 aromatic heterocycles. The molecule has 0 bridgehead atoms. The van der Waals surface area contributed by atoms with Crippen LogP contribution in [0, 0.1) is 0 Å². The Morgan fingerprint density at radius 2 is 1.84 bits per heavy atom. The highest BCUT2D eigenvalue weighted by atomic mass is 16.3. The van der Waals surface area contributed by atoms with E-state index in [0.29, 0.717) is 0 Å². The van der Waals surface area contributed by atoms with E-state index < -0.39 is 0 Å². The molecule has 0 saturated carbocycles. The molecule has 2 heterocycles. The van der Waals surface area contributed by atoms with Crippen LogP contribution in [0.5, 0.6) is 5.75 Å². The minimum atomic E-state index is 0.258. The van der Waals surface area contributed by atoms with Gasteiger partial charge in [0.2, 0.25) is 0 Å². The first kappa shape index (κ1) is 11.7. The van der Waals surface area contributed by atoms with Gasteiger partial charge in [0, 0.05) is 17.8 Å². The van der Waals surface area contributed by atoms with E-state index in [9.17, 15) is 5.11 Å². The zero-order chi connectivity index (χ0) is 13.4. The van der Waals surface area contributed by atoms with Gasteiger partial charge in [0.15, 0.2) is 5.65 Å². The summed E-state index contributed by atoms with van der Waals surface area (Å²) in [5, 5.41) is 9.38. The van der Waals surface area contributed by atoms with Crippen LogP contribution in [-0.2, 0) is 0 Å². The van der Waals surface area contributed by atoms with Crippen LogP contribution in [0.25, 0.3) is 22.6 Å². The monoisotopic (exact) mass is 253 g/mol. The van der Waals surface area contributed by atoms with Crippen molar-refractivity contribution >= 4 is 11.2 Å². The van der Waals surface area contributed by atoms with Gasteiger partial charge < -0.3 is 9.67 Å². The standard InChI is InChI=1S/C15H15N3O/c1-10(2)18-14(11-5-7-12(19)8-6-11)17-13-4-3-9-16-15(13)18/h3-10,19H,1-2H3. The minimum absolute atomic E-state index is 0.258. The van der Waals surface area contributed by atoms with Gasteiger partial charge in [-0.3, -0.25) is 0 Å². The molecule has 1 N–H and O–H groups in total. The van der Waals surface area contributed by atoms with Crippen molar-refractivity contribution in [1.82, 2.24) is 14.5 Å². The minimum Gasteiger partial charge on any atom is -0.508 e. The molecule has 19 heavy (non-hydrogen) atoms. The molecule has 3 aromatic rings. The molecular formula is C15H15N3O. The van der Waals surface area contributed by atoms with Crippen molar-refractivity contribution in [2.24, 2.45) is 0 Å². The van der Waals surface area contributed by atoms with E-state index in [1.165, 1.54) is 0 Å². The molecule has 4 nitrogen and oxygen atoms in total. The summed E-state index contributed by atoms with van der Waals surface area (Å²) in [7, 11) is 0. The van der Waals surface area contributed by atoms with Gasteiger partial charge in [0.1, 0.15) is 17.1 Å². The van der Waals surface area contributed by atoms with E-state index in [1.54, 1.807) is 18.3 Å². The first-order valence-corrected chi connectivity index (χ1v) is 6.29. The highest BCUT2D eigenvalue weighted by Crippen LogP contribution is 2.27. The molecular weight excluding hydrogens is 238 g/mol. The van der Waals surface area contributed by atoms with E-state index in [2.05, 4.69) is 28.4 Å². The largest absolute Gasteiger partial charge is 0.508 e.